The summed E-state index contributed by atoms with van der Waals surface area (Å²) in [5.74, 6) is -0.785. The van der Waals surface area contributed by atoms with Crippen LogP contribution in [-0.4, -0.2) is 38.4 Å². The monoisotopic (exact) mass is 394 g/mol. The molecule has 0 aromatic heterocycles. The van der Waals surface area contributed by atoms with Crippen LogP contribution in [0.2, 0.25) is 0 Å². The smallest absolute Gasteiger partial charge is 0.338 e. The summed E-state index contributed by atoms with van der Waals surface area (Å²) in [4.78, 5) is 24.3. The topological polar surface area (TPSA) is 61.8 Å². The molecule has 0 heterocycles. The molecule has 0 saturated heterocycles. The Kier molecular flexibility index (Phi) is 9.39. The Bertz CT molecular complexity index is 771. The van der Waals surface area contributed by atoms with Crippen LogP contribution in [-0.2, 0) is 27.1 Å². The second-order valence-corrected chi connectivity index (χ2v) is 6.18. The van der Waals surface area contributed by atoms with Crippen molar-refractivity contribution in [3.8, 4) is 0 Å². The van der Waals surface area contributed by atoms with Gasteiger partial charge in [0.2, 0.25) is 0 Å². The molecule has 0 aliphatic rings. The number of carbonyl (C=O) groups excluding carboxylic acids is 2. The van der Waals surface area contributed by atoms with E-state index >= 15 is 0 Å². The first-order chi connectivity index (χ1) is 14.2. The van der Waals surface area contributed by atoms with Gasteiger partial charge in [0, 0.05) is 0 Å². The van der Waals surface area contributed by atoms with Crippen molar-refractivity contribution in [1.82, 2.24) is 0 Å². The lowest BCUT2D eigenvalue weighted by molar-refractivity contribution is 0.0150. The van der Waals surface area contributed by atoms with Gasteiger partial charge in [-0.15, -0.1) is 13.2 Å². The fraction of sp³-hybridized carbons (Fsp3) is 0.250. The zero-order valence-corrected chi connectivity index (χ0v) is 16.5. The van der Waals surface area contributed by atoms with Crippen LogP contribution in [0.25, 0.3) is 0 Å². The quantitative estimate of drug-likeness (QED) is 0.307. The van der Waals surface area contributed by atoms with Gasteiger partial charge in [0.05, 0.1) is 24.3 Å². The van der Waals surface area contributed by atoms with E-state index in [9.17, 15) is 9.59 Å². The molecule has 2 aromatic rings. The van der Waals surface area contributed by atoms with E-state index in [1.165, 1.54) is 0 Å². The molecule has 0 spiro atoms. The minimum absolute atomic E-state index is 0.122. The van der Waals surface area contributed by atoms with Crippen molar-refractivity contribution >= 4 is 11.9 Å². The van der Waals surface area contributed by atoms with Crippen molar-refractivity contribution in [3.05, 3.63) is 96.1 Å². The van der Waals surface area contributed by atoms with E-state index in [1.807, 2.05) is 24.3 Å². The molecule has 0 radical (unpaired) electrons. The minimum Gasteiger partial charge on any atom is -0.460 e. The molecule has 29 heavy (non-hydrogen) atoms. The minimum atomic E-state index is -0.392. The second kappa shape index (κ2) is 12.3. The molecule has 0 bridgehead atoms. The van der Waals surface area contributed by atoms with Crippen LogP contribution in [0.5, 0.6) is 0 Å². The third-order valence-electron chi connectivity index (χ3n) is 4.12. The van der Waals surface area contributed by atoms with Crippen LogP contribution in [0.4, 0.5) is 0 Å². The van der Waals surface area contributed by atoms with Gasteiger partial charge in [-0.3, -0.25) is 0 Å². The van der Waals surface area contributed by atoms with Gasteiger partial charge >= 0.3 is 11.9 Å². The van der Waals surface area contributed by atoms with Crippen LogP contribution < -0.4 is 0 Å². The molecule has 5 nitrogen and oxygen atoms in total. The zero-order chi connectivity index (χ0) is 20.9. The van der Waals surface area contributed by atoms with E-state index in [4.69, 9.17) is 14.2 Å². The second-order valence-electron chi connectivity index (χ2n) is 6.18. The Labute approximate surface area is 171 Å². The average molecular weight is 394 g/mol. The highest BCUT2D eigenvalue weighted by atomic mass is 16.6. The summed E-state index contributed by atoms with van der Waals surface area (Å²) in [6, 6.07) is 14.5. The largest absolute Gasteiger partial charge is 0.460 e. The van der Waals surface area contributed by atoms with E-state index in [1.54, 1.807) is 36.4 Å². The summed E-state index contributed by atoms with van der Waals surface area (Å²) >= 11 is 0. The molecule has 0 fully saturated rings. The number of benzene rings is 2. The van der Waals surface area contributed by atoms with Crippen LogP contribution in [0.15, 0.2) is 73.8 Å². The molecule has 2 rings (SSSR count). The first-order valence-electron chi connectivity index (χ1n) is 9.47. The zero-order valence-electron chi connectivity index (χ0n) is 16.5. The molecule has 0 aliphatic carbocycles. The van der Waals surface area contributed by atoms with Crippen molar-refractivity contribution in [2.45, 2.75) is 12.8 Å². The first kappa shape index (κ1) is 22.1. The Hall–Kier alpha value is -3.18. The molecule has 0 aliphatic heterocycles. The maximum absolute atomic E-state index is 12.2. The van der Waals surface area contributed by atoms with Crippen LogP contribution >= 0.6 is 0 Å². The molecular formula is C24H26O5. The van der Waals surface area contributed by atoms with Gasteiger partial charge in [-0.05, 0) is 36.1 Å². The number of esters is 2. The highest BCUT2D eigenvalue weighted by Gasteiger charge is 2.12. The van der Waals surface area contributed by atoms with Gasteiger partial charge in [-0.2, -0.15) is 0 Å². The maximum Gasteiger partial charge on any atom is 0.338 e. The molecule has 152 valence electrons. The fourth-order valence-corrected chi connectivity index (χ4v) is 2.75. The van der Waals surface area contributed by atoms with Crippen molar-refractivity contribution < 1.29 is 23.8 Å². The highest BCUT2D eigenvalue weighted by Crippen LogP contribution is 2.12. The SMILES string of the molecule is C=CCc1ccccc1C(=O)OCCOCCOC(=O)c1ccccc1CC=C. The summed E-state index contributed by atoms with van der Waals surface area (Å²) < 4.78 is 15.9. The Morgan fingerprint density at radius 1 is 0.690 bits per heavy atom. The van der Waals surface area contributed by atoms with E-state index in [2.05, 4.69) is 13.2 Å². The molecule has 0 amide bonds. The average Bonchev–Trinajstić information content (AvgIpc) is 2.74. The van der Waals surface area contributed by atoms with Gasteiger partial charge < -0.3 is 14.2 Å². The lowest BCUT2D eigenvalue weighted by Gasteiger charge is -2.10. The lowest BCUT2D eigenvalue weighted by atomic mass is 10.1. The molecule has 2 aromatic carbocycles. The van der Waals surface area contributed by atoms with E-state index in [0.717, 1.165) is 11.1 Å². The number of allylic oxidation sites excluding steroid dienone is 2. The van der Waals surface area contributed by atoms with Crippen molar-refractivity contribution in [1.29, 1.82) is 0 Å². The third-order valence-corrected chi connectivity index (χ3v) is 4.12. The van der Waals surface area contributed by atoms with Crippen LogP contribution in [0.1, 0.15) is 31.8 Å². The molecule has 0 atom stereocenters. The lowest BCUT2D eigenvalue weighted by Crippen LogP contribution is -2.16. The molecule has 0 saturated carbocycles. The fourth-order valence-electron chi connectivity index (χ4n) is 2.75. The third kappa shape index (κ3) is 7.05. The standard InChI is InChI=1S/C24H26O5/c1-3-9-19-11-5-7-13-21(19)23(25)28-17-15-27-16-18-29-24(26)22-14-8-6-12-20(22)10-4-2/h3-8,11-14H,1-2,9-10,15-18H2. The molecule has 0 unspecified atom stereocenters. The Morgan fingerprint density at radius 3 is 1.52 bits per heavy atom. The summed E-state index contributed by atoms with van der Waals surface area (Å²) in [7, 11) is 0. The van der Waals surface area contributed by atoms with E-state index < -0.39 is 11.9 Å². The molecule has 0 N–H and O–H groups in total. The first-order valence-corrected chi connectivity index (χ1v) is 9.47. The van der Waals surface area contributed by atoms with Crippen molar-refractivity contribution in [3.63, 3.8) is 0 Å². The highest BCUT2D eigenvalue weighted by molar-refractivity contribution is 5.91. The normalized spacial score (nSPS) is 10.2. The van der Waals surface area contributed by atoms with Gasteiger partial charge in [-0.1, -0.05) is 48.6 Å². The predicted molar refractivity (Wildman–Crippen MR) is 112 cm³/mol. The van der Waals surface area contributed by atoms with Crippen molar-refractivity contribution in [2.75, 3.05) is 26.4 Å². The van der Waals surface area contributed by atoms with Crippen LogP contribution in [0.3, 0.4) is 0 Å². The van der Waals surface area contributed by atoms with Gasteiger partial charge in [0.1, 0.15) is 13.2 Å². The van der Waals surface area contributed by atoms with Gasteiger partial charge in [0.25, 0.3) is 0 Å². The number of rotatable bonds is 12. The van der Waals surface area contributed by atoms with E-state index in [0.29, 0.717) is 24.0 Å². The predicted octanol–water partition coefficient (Wildman–Crippen LogP) is 4.17. The number of hydrogen-bond acceptors (Lipinski definition) is 5. The van der Waals surface area contributed by atoms with E-state index in [-0.39, 0.29) is 26.4 Å². The summed E-state index contributed by atoms with van der Waals surface area (Å²) in [6.45, 7) is 8.08. The maximum atomic E-state index is 12.2. The summed E-state index contributed by atoms with van der Waals surface area (Å²) in [5, 5.41) is 0. The number of ether oxygens (including phenoxy) is 3. The Morgan fingerprint density at radius 2 is 1.10 bits per heavy atom. The van der Waals surface area contributed by atoms with Crippen LogP contribution in [0, 0.1) is 0 Å². The molecule has 5 heteroatoms. The van der Waals surface area contributed by atoms with Crippen molar-refractivity contribution in [2.24, 2.45) is 0 Å². The summed E-state index contributed by atoms with van der Waals surface area (Å²) in [6.07, 6.45) is 4.69. The Balaban J connectivity index is 1.67. The molecular weight excluding hydrogens is 368 g/mol. The summed E-state index contributed by atoms with van der Waals surface area (Å²) in [5.41, 5.74) is 2.80. The number of hydrogen-bond donors (Lipinski definition) is 0. The number of carbonyl (C=O) groups is 2. The van der Waals surface area contributed by atoms with Gasteiger partial charge in [0.15, 0.2) is 0 Å². The van der Waals surface area contributed by atoms with Gasteiger partial charge in [-0.25, -0.2) is 9.59 Å².